The Morgan fingerprint density at radius 1 is 0.977 bits per heavy atom. The maximum Gasteiger partial charge on any atom is 0.275 e. The Labute approximate surface area is 271 Å². The van der Waals surface area contributed by atoms with Crippen LogP contribution in [0.3, 0.4) is 0 Å². The number of piperazine rings is 1. The average molecular weight is 639 g/mol. The fourth-order valence-corrected chi connectivity index (χ4v) is 6.45. The molecule has 2 aromatic carbocycles. The lowest BCUT2D eigenvalue weighted by atomic mass is 9.80. The van der Waals surface area contributed by atoms with Gasteiger partial charge >= 0.3 is 0 Å². The van der Waals surface area contributed by atoms with Gasteiger partial charge in [0, 0.05) is 37.4 Å². The summed E-state index contributed by atoms with van der Waals surface area (Å²) in [5.41, 5.74) is 3.04. The number of halogens is 2. The van der Waals surface area contributed by atoms with Gasteiger partial charge < -0.3 is 24.6 Å². The molecular formula is C34H41Cl2N5O3. The van der Waals surface area contributed by atoms with E-state index in [2.05, 4.69) is 22.4 Å². The maximum atomic E-state index is 14.3. The van der Waals surface area contributed by atoms with Crippen LogP contribution < -0.4 is 5.32 Å². The van der Waals surface area contributed by atoms with Gasteiger partial charge in [-0.05, 0) is 37.0 Å². The number of nitrogens with zero attached hydrogens (tertiary/aromatic N) is 4. The van der Waals surface area contributed by atoms with Crippen molar-refractivity contribution in [3.8, 4) is 11.3 Å². The molecule has 10 heteroatoms. The largest absolute Gasteiger partial charge is 0.385 e. The number of benzene rings is 2. The summed E-state index contributed by atoms with van der Waals surface area (Å²) in [4.78, 5) is 25.4. The van der Waals surface area contributed by atoms with Crippen LogP contribution in [0.25, 0.3) is 11.3 Å². The molecule has 0 spiro atoms. The molecule has 8 nitrogen and oxygen atoms in total. The van der Waals surface area contributed by atoms with E-state index in [-0.39, 0.29) is 49.4 Å². The number of aliphatic hydroxyl groups is 1. The highest BCUT2D eigenvalue weighted by Crippen LogP contribution is 2.41. The number of hydrogen-bond donors (Lipinski definition) is 2. The van der Waals surface area contributed by atoms with Crippen LogP contribution in [0.5, 0.6) is 0 Å². The summed E-state index contributed by atoms with van der Waals surface area (Å²) in [7, 11) is 0. The van der Waals surface area contributed by atoms with Crippen LogP contribution in [0.1, 0.15) is 53.5 Å². The zero-order valence-corrected chi connectivity index (χ0v) is 26.4. The first-order valence-corrected chi connectivity index (χ1v) is 15.0. The monoisotopic (exact) mass is 637 g/mol. The molecule has 4 aromatic rings. The number of amides is 1. The first-order valence-electron chi connectivity index (χ1n) is 15.0. The zero-order valence-electron chi connectivity index (χ0n) is 24.8. The number of carbonyl (C=O) groups excluding carboxylic acids is 1. The first kappa shape index (κ1) is 33.6. The van der Waals surface area contributed by atoms with Crippen LogP contribution in [0, 0.1) is 0 Å². The number of imidazole rings is 1. The predicted octanol–water partition coefficient (Wildman–Crippen LogP) is 5.51. The molecule has 1 saturated heterocycles. The number of pyridine rings is 1. The van der Waals surface area contributed by atoms with Crippen LogP contribution in [-0.2, 0) is 17.8 Å². The third-order valence-electron chi connectivity index (χ3n) is 8.59. The van der Waals surface area contributed by atoms with Gasteiger partial charge in [0.1, 0.15) is 5.60 Å². The van der Waals surface area contributed by atoms with Gasteiger partial charge in [-0.3, -0.25) is 9.78 Å². The van der Waals surface area contributed by atoms with E-state index in [0.717, 1.165) is 55.7 Å². The number of rotatable bonds is 9. The highest BCUT2D eigenvalue weighted by Gasteiger charge is 2.42. The summed E-state index contributed by atoms with van der Waals surface area (Å²) in [6, 6.07) is 25.8. The third-order valence-corrected chi connectivity index (χ3v) is 8.59. The van der Waals surface area contributed by atoms with Crippen molar-refractivity contribution in [2.75, 3.05) is 26.2 Å². The minimum absolute atomic E-state index is 0. The lowest BCUT2D eigenvalue weighted by Gasteiger charge is -2.41. The van der Waals surface area contributed by atoms with Crippen LogP contribution in [0.2, 0.25) is 0 Å². The van der Waals surface area contributed by atoms with E-state index in [9.17, 15) is 9.90 Å². The second-order valence-corrected chi connectivity index (χ2v) is 11.4. The number of carbonyl (C=O) groups is 1. The molecule has 234 valence electrons. The van der Waals surface area contributed by atoms with Crippen molar-refractivity contribution in [3.63, 3.8) is 0 Å². The molecule has 2 aromatic heterocycles. The van der Waals surface area contributed by atoms with E-state index in [1.807, 2.05) is 76.2 Å². The van der Waals surface area contributed by atoms with Gasteiger partial charge in [-0.1, -0.05) is 79.6 Å². The molecule has 1 aliphatic heterocycles. The summed E-state index contributed by atoms with van der Waals surface area (Å²) in [6.07, 6.45) is 7.57. The van der Waals surface area contributed by atoms with Crippen molar-refractivity contribution in [1.82, 2.24) is 24.8 Å². The predicted molar refractivity (Wildman–Crippen MR) is 176 cm³/mol. The summed E-state index contributed by atoms with van der Waals surface area (Å²) >= 11 is 0. The Bertz CT molecular complexity index is 1460. The fourth-order valence-electron chi connectivity index (χ4n) is 6.45. The van der Waals surface area contributed by atoms with Gasteiger partial charge in [-0.15, -0.1) is 24.8 Å². The molecule has 6 rings (SSSR count). The van der Waals surface area contributed by atoms with Crippen molar-refractivity contribution in [1.29, 1.82) is 0 Å². The lowest BCUT2D eigenvalue weighted by molar-refractivity contribution is -0.103. The standard InChI is InChI=1S/C34H39N5O3.2ClH/c40-33(38-20-19-35-22-29(38)21-26-11-3-1-4-12-26)31-32(27-13-5-2-6-14-27)39(25-37-31)30-16-7-9-17-34(30,41)24-42-23-28-15-8-10-18-36-28;;/h1-6,8,10-15,18,25,29-30,35,41H,7,9,16-17,19-24H2;2*1H/t29-,30+,34+;;/m1../s1. The molecule has 1 aliphatic carbocycles. The van der Waals surface area contributed by atoms with E-state index in [1.165, 1.54) is 5.56 Å². The summed E-state index contributed by atoms with van der Waals surface area (Å²) in [5, 5.41) is 15.5. The molecule has 1 saturated carbocycles. The number of ether oxygens (including phenoxy) is 1. The van der Waals surface area contributed by atoms with Crippen LogP contribution in [0.15, 0.2) is 91.4 Å². The summed E-state index contributed by atoms with van der Waals surface area (Å²) < 4.78 is 8.09. The molecule has 0 bridgehead atoms. The van der Waals surface area contributed by atoms with E-state index in [4.69, 9.17) is 9.72 Å². The molecule has 0 unspecified atom stereocenters. The minimum atomic E-state index is -1.09. The third kappa shape index (κ3) is 7.50. The van der Waals surface area contributed by atoms with Crippen LogP contribution in [0.4, 0.5) is 0 Å². The summed E-state index contributed by atoms with van der Waals surface area (Å²) in [6.45, 7) is 2.61. The minimum Gasteiger partial charge on any atom is -0.385 e. The number of aromatic nitrogens is 3. The van der Waals surface area contributed by atoms with Crippen LogP contribution in [-0.4, -0.2) is 68.3 Å². The second kappa shape index (κ2) is 15.6. The lowest BCUT2D eigenvalue weighted by Crippen LogP contribution is -2.54. The van der Waals surface area contributed by atoms with Gasteiger partial charge in [0.05, 0.1) is 37.0 Å². The number of nitrogens with one attached hydrogen (secondary N) is 1. The molecule has 2 aliphatic rings. The van der Waals surface area contributed by atoms with E-state index in [0.29, 0.717) is 25.3 Å². The highest BCUT2D eigenvalue weighted by atomic mass is 35.5. The first-order chi connectivity index (χ1) is 20.6. The molecule has 2 fully saturated rings. The van der Waals surface area contributed by atoms with Crippen LogP contribution >= 0.6 is 24.8 Å². The quantitative estimate of drug-likeness (QED) is 0.251. The molecule has 44 heavy (non-hydrogen) atoms. The maximum absolute atomic E-state index is 14.3. The Morgan fingerprint density at radius 2 is 1.73 bits per heavy atom. The van der Waals surface area contributed by atoms with Crippen molar-refractivity contribution in [3.05, 3.63) is 108 Å². The molecule has 2 N–H and O–H groups in total. The van der Waals surface area contributed by atoms with E-state index >= 15 is 0 Å². The summed E-state index contributed by atoms with van der Waals surface area (Å²) in [5.74, 6) is -0.0687. The van der Waals surface area contributed by atoms with Gasteiger partial charge in [0.15, 0.2) is 5.69 Å². The SMILES string of the molecule is Cl.Cl.O=C(c1ncn([C@H]2CCCC[C@]2(O)COCc2ccccn2)c1-c1ccccc1)N1CCNC[C@H]1Cc1ccccc1. The average Bonchev–Trinajstić information content (AvgIpc) is 3.47. The molecule has 3 heterocycles. The second-order valence-electron chi connectivity index (χ2n) is 11.4. The molecule has 1 amide bonds. The van der Waals surface area contributed by atoms with Gasteiger partial charge in [-0.2, -0.15) is 0 Å². The van der Waals surface area contributed by atoms with Gasteiger partial charge in [0.2, 0.25) is 0 Å². The molecule has 3 atom stereocenters. The Morgan fingerprint density at radius 3 is 2.48 bits per heavy atom. The van der Waals surface area contributed by atoms with Crippen molar-refractivity contribution >= 4 is 30.7 Å². The Kier molecular flexibility index (Phi) is 11.9. The Hall–Kier alpha value is -3.27. The van der Waals surface area contributed by atoms with E-state index < -0.39 is 5.60 Å². The normalized spacial score (nSPS) is 21.6. The van der Waals surface area contributed by atoms with Crippen molar-refractivity contribution in [2.24, 2.45) is 0 Å². The fraction of sp³-hybridized carbons (Fsp3) is 0.382. The molecule has 0 radical (unpaired) electrons. The highest BCUT2D eigenvalue weighted by molar-refractivity contribution is 5.98. The molecular weight excluding hydrogens is 597 g/mol. The Balaban J connectivity index is 0.00000221. The number of hydrogen-bond acceptors (Lipinski definition) is 6. The smallest absolute Gasteiger partial charge is 0.275 e. The van der Waals surface area contributed by atoms with E-state index in [1.54, 1.807) is 12.5 Å². The van der Waals surface area contributed by atoms with Gasteiger partial charge in [0.25, 0.3) is 5.91 Å². The van der Waals surface area contributed by atoms with Crippen molar-refractivity contribution < 1.29 is 14.6 Å². The van der Waals surface area contributed by atoms with Crippen molar-refractivity contribution in [2.45, 2.75) is 56.4 Å². The topological polar surface area (TPSA) is 92.5 Å². The zero-order chi connectivity index (χ0) is 28.8. The van der Waals surface area contributed by atoms with Gasteiger partial charge in [-0.25, -0.2) is 4.98 Å².